The summed E-state index contributed by atoms with van der Waals surface area (Å²) < 4.78 is 35.7. The van der Waals surface area contributed by atoms with Crippen LogP contribution in [0.4, 0.5) is 0 Å². The summed E-state index contributed by atoms with van der Waals surface area (Å²) in [5.41, 5.74) is 1.67. The Morgan fingerprint density at radius 2 is 1.00 bits per heavy atom. The van der Waals surface area contributed by atoms with Gasteiger partial charge < -0.3 is 31.0 Å². The lowest BCUT2D eigenvalue weighted by molar-refractivity contribution is 0.0226. The van der Waals surface area contributed by atoms with Crippen LogP contribution in [0.3, 0.4) is 0 Å². The van der Waals surface area contributed by atoms with Gasteiger partial charge in [-0.05, 0) is 26.5 Å². The van der Waals surface area contributed by atoms with Gasteiger partial charge in [0.15, 0.2) is 0 Å². The predicted molar refractivity (Wildman–Crippen MR) is 84.6 cm³/mol. The van der Waals surface area contributed by atoms with E-state index in [1.807, 2.05) is 20.8 Å². The summed E-state index contributed by atoms with van der Waals surface area (Å²) in [7, 11) is 0.758. The van der Waals surface area contributed by atoms with Crippen LogP contribution in [-0.4, -0.2) is 66.1 Å². The molecule has 0 aliphatic heterocycles. The molecular weight excluding hydrogens is 312 g/mol. The Labute approximate surface area is 130 Å². The minimum Gasteiger partial charge on any atom is -0.371 e. The minimum absolute atomic E-state index is 0.595. The van der Waals surface area contributed by atoms with E-state index in [0.29, 0.717) is 19.8 Å². The summed E-state index contributed by atoms with van der Waals surface area (Å²) in [6.45, 7) is 11.2. The second kappa shape index (κ2) is 13.5. The molecule has 21 heavy (non-hydrogen) atoms. The zero-order chi connectivity index (χ0) is 16.8. The lowest BCUT2D eigenvalue weighted by atomic mass is 10.9. The molecule has 0 unspecified atom stereocenters. The van der Waals surface area contributed by atoms with Crippen LogP contribution in [0.2, 0.25) is 0 Å². The molecule has 0 aliphatic carbocycles. The van der Waals surface area contributed by atoms with E-state index in [4.69, 9.17) is 31.0 Å². The Balaban J connectivity index is 0. The first-order valence-electron chi connectivity index (χ1n) is 6.75. The van der Waals surface area contributed by atoms with Gasteiger partial charge in [0.25, 0.3) is 0 Å². The summed E-state index contributed by atoms with van der Waals surface area (Å²) in [4.78, 5) is 0. The summed E-state index contributed by atoms with van der Waals surface area (Å²) in [6.07, 6.45) is 0. The first-order chi connectivity index (χ1) is 9.99. The molecule has 0 rings (SSSR count). The van der Waals surface area contributed by atoms with E-state index in [9.17, 15) is 0 Å². The monoisotopic (exact) mass is 342 g/mol. The van der Waals surface area contributed by atoms with E-state index >= 15 is 0 Å². The third-order valence-electron chi connectivity index (χ3n) is 2.29. The Morgan fingerprint density at radius 3 is 1.10 bits per heavy atom. The molecule has 0 aliphatic rings. The van der Waals surface area contributed by atoms with Gasteiger partial charge in [0, 0.05) is 48.3 Å². The smallest absolute Gasteiger partial charge is 0.371 e. The van der Waals surface area contributed by atoms with Crippen molar-refractivity contribution in [1.29, 1.82) is 0 Å². The fourth-order valence-corrected chi connectivity index (χ4v) is 4.22. The molecule has 0 saturated carbocycles. The molecule has 9 heteroatoms. The molecule has 0 bridgehead atoms. The van der Waals surface area contributed by atoms with Gasteiger partial charge in [-0.1, -0.05) is 6.58 Å². The summed E-state index contributed by atoms with van der Waals surface area (Å²) in [5.74, 6) is 0. The maximum atomic E-state index is 5.44. The zero-order valence-electron chi connectivity index (χ0n) is 14.3. The highest BCUT2D eigenvalue weighted by Gasteiger charge is 2.40. The van der Waals surface area contributed by atoms with Crippen LogP contribution < -0.4 is 0 Å². The summed E-state index contributed by atoms with van der Waals surface area (Å²) in [6, 6.07) is 0. The lowest BCUT2D eigenvalue weighted by Crippen LogP contribution is -2.45. The van der Waals surface area contributed by atoms with Gasteiger partial charge in [0.1, 0.15) is 0 Å². The highest BCUT2D eigenvalue weighted by Crippen LogP contribution is 2.10. The van der Waals surface area contributed by atoms with Gasteiger partial charge in [-0.3, -0.25) is 0 Å². The third-order valence-corrected chi connectivity index (χ3v) is 6.86. The molecule has 0 spiro atoms. The summed E-state index contributed by atoms with van der Waals surface area (Å²) in [5, 5.41) is 0. The van der Waals surface area contributed by atoms with Crippen LogP contribution in [-0.2, 0) is 31.0 Å². The van der Waals surface area contributed by atoms with Crippen molar-refractivity contribution in [2.45, 2.75) is 20.8 Å². The molecule has 128 valence electrons. The van der Waals surface area contributed by atoms with Gasteiger partial charge in [-0.2, -0.15) is 0 Å². The van der Waals surface area contributed by atoms with Gasteiger partial charge in [-0.15, -0.1) is 0 Å². The molecule has 7 nitrogen and oxygen atoms in total. The van der Waals surface area contributed by atoms with Gasteiger partial charge in [-0.25, -0.2) is 0 Å². The molecule has 0 aromatic rings. The van der Waals surface area contributed by atoms with Gasteiger partial charge in [0.2, 0.25) is 0 Å². The van der Waals surface area contributed by atoms with E-state index < -0.39 is 17.9 Å². The van der Waals surface area contributed by atoms with Crippen molar-refractivity contribution in [2.75, 3.05) is 48.3 Å². The van der Waals surface area contributed by atoms with Crippen LogP contribution in [0.5, 0.6) is 0 Å². The van der Waals surface area contributed by atoms with E-state index in [-0.39, 0.29) is 0 Å². The van der Waals surface area contributed by atoms with E-state index in [1.54, 1.807) is 5.70 Å². The fourth-order valence-electron chi connectivity index (χ4n) is 1.41. The molecule has 0 aromatic carbocycles. The van der Waals surface area contributed by atoms with E-state index in [1.165, 1.54) is 28.4 Å². The molecular formula is C12H30O7Si2. The minimum atomic E-state index is -2.69. The van der Waals surface area contributed by atoms with Gasteiger partial charge in [0.05, 0.1) is 0 Å². The SMILES string of the molecule is C=C[Si](OCC)(OCC)OCC.CO[Si](OC)(OC)OC. The van der Waals surface area contributed by atoms with Crippen molar-refractivity contribution in [2.24, 2.45) is 0 Å². The third kappa shape index (κ3) is 8.81. The van der Waals surface area contributed by atoms with Crippen molar-refractivity contribution >= 4 is 17.9 Å². The Bertz CT molecular complexity index is 215. The lowest BCUT2D eigenvalue weighted by Gasteiger charge is -2.24. The van der Waals surface area contributed by atoms with Crippen LogP contribution in [0.25, 0.3) is 0 Å². The summed E-state index contributed by atoms with van der Waals surface area (Å²) >= 11 is 0. The van der Waals surface area contributed by atoms with E-state index in [0.717, 1.165) is 0 Å². The second-order valence-electron chi connectivity index (χ2n) is 3.42. The molecule has 0 radical (unpaired) electrons. The van der Waals surface area contributed by atoms with Crippen molar-refractivity contribution in [3.05, 3.63) is 12.3 Å². The van der Waals surface area contributed by atoms with Gasteiger partial charge >= 0.3 is 17.9 Å². The first-order valence-corrected chi connectivity index (χ1v) is 10.2. The topological polar surface area (TPSA) is 64.6 Å². The van der Waals surface area contributed by atoms with Crippen LogP contribution in [0.1, 0.15) is 20.8 Å². The Kier molecular flexibility index (Phi) is 14.9. The van der Waals surface area contributed by atoms with Crippen molar-refractivity contribution in [3.63, 3.8) is 0 Å². The normalized spacial score (nSPS) is 11.8. The molecule has 0 fully saturated rings. The fraction of sp³-hybridized carbons (Fsp3) is 0.833. The van der Waals surface area contributed by atoms with Crippen molar-refractivity contribution in [3.8, 4) is 0 Å². The maximum absolute atomic E-state index is 5.44. The largest absolute Gasteiger partial charge is 0.678 e. The average molecular weight is 343 g/mol. The van der Waals surface area contributed by atoms with Crippen molar-refractivity contribution in [1.82, 2.24) is 0 Å². The number of hydrogen-bond donors (Lipinski definition) is 0. The Morgan fingerprint density at radius 1 is 0.714 bits per heavy atom. The number of hydrogen-bond acceptors (Lipinski definition) is 7. The molecule has 0 amide bonds. The van der Waals surface area contributed by atoms with Crippen molar-refractivity contribution < 1.29 is 31.0 Å². The predicted octanol–water partition coefficient (Wildman–Crippen LogP) is 1.77. The quantitative estimate of drug-likeness (QED) is 0.530. The second-order valence-corrected chi connectivity index (χ2v) is 8.54. The Hall–Kier alpha value is -0.106. The molecule has 0 saturated heterocycles. The van der Waals surface area contributed by atoms with E-state index in [2.05, 4.69) is 6.58 Å². The zero-order valence-corrected chi connectivity index (χ0v) is 16.3. The molecule has 0 atom stereocenters. The molecule has 0 heterocycles. The first kappa shape index (κ1) is 23.2. The molecule has 0 aromatic heterocycles. The highest BCUT2D eigenvalue weighted by atomic mass is 28.4. The average Bonchev–Trinajstić information content (AvgIpc) is 2.51. The number of rotatable bonds is 11. The van der Waals surface area contributed by atoms with Crippen LogP contribution in [0, 0.1) is 0 Å². The highest BCUT2D eigenvalue weighted by molar-refractivity contribution is 6.66. The standard InChI is InChI=1S/C8H18O3Si.C4H12O4Si/c1-5-9-12(8-4,10-6-2)11-7-3;1-5-9(6-2,7-3)8-4/h8H,4-7H2,1-3H3;1-4H3. The molecule has 0 N–H and O–H groups in total. The van der Waals surface area contributed by atoms with Crippen LogP contribution >= 0.6 is 0 Å². The van der Waals surface area contributed by atoms with Crippen LogP contribution in [0.15, 0.2) is 12.3 Å². The maximum Gasteiger partial charge on any atom is 0.678 e.